The zero-order valence-electron chi connectivity index (χ0n) is 7.88. The molecule has 0 spiro atoms. The molecule has 0 bridgehead atoms. The van der Waals surface area contributed by atoms with E-state index in [1.54, 1.807) is 0 Å². The van der Waals surface area contributed by atoms with Crippen LogP contribution in [0.25, 0.3) is 0 Å². The molecule has 0 saturated heterocycles. The smallest absolute Gasteiger partial charge is 0.470 e. The first kappa shape index (κ1) is 13.7. The number of nitrogens with two attached hydrogens (primary N) is 1. The van der Waals surface area contributed by atoms with Gasteiger partial charge in [-0.3, -0.25) is 9.59 Å². The van der Waals surface area contributed by atoms with Crippen LogP contribution in [0.3, 0.4) is 0 Å². The molecule has 4 nitrogen and oxygen atoms in total. The van der Waals surface area contributed by atoms with Crippen LogP contribution in [0.4, 0.5) is 13.2 Å². The first-order chi connectivity index (χ1) is 6.73. The van der Waals surface area contributed by atoms with Crippen molar-refractivity contribution in [3.05, 3.63) is 0 Å². The highest BCUT2D eigenvalue weighted by molar-refractivity contribution is 5.79. The summed E-state index contributed by atoms with van der Waals surface area (Å²) in [5.41, 5.74) is 3.81. The molecule has 0 atom stereocenters. The SMILES string of the molecule is NC(=O)C(F)(F)F.O=C(O)CC1CCC1. The van der Waals surface area contributed by atoms with Gasteiger partial charge in [-0.25, -0.2) is 0 Å². The Kier molecular flexibility index (Phi) is 5.10. The van der Waals surface area contributed by atoms with E-state index in [0.29, 0.717) is 12.3 Å². The van der Waals surface area contributed by atoms with E-state index in [2.05, 4.69) is 5.73 Å². The highest BCUT2D eigenvalue weighted by Crippen LogP contribution is 2.28. The zero-order valence-corrected chi connectivity index (χ0v) is 7.88. The van der Waals surface area contributed by atoms with Crippen LogP contribution in [0.2, 0.25) is 0 Å². The van der Waals surface area contributed by atoms with E-state index in [1.165, 1.54) is 6.42 Å². The lowest BCUT2D eigenvalue weighted by atomic mass is 9.83. The summed E-state index contributed by atoms with van der Waals surface area (Å²) in [5.74, 6) is -2.39. The van der Waals surface area contributed by atoms with Gasteiger partial charge in [-0.1, -0.05) is 6.42 Å². The van der Waals surface area contributed by atoms with Crippen molar-refractivity contribution in [2.75, 3.05) is 0 Å². The standard InChI is InChI=1S/C6H10O2.C2H2F3NO/c7-6(8)4-5-2-1-3-5;3-2(4,5)1(6)7/h5H,1-4H2,(H,7,8);(H2,6,7). The van der Waals surface area contributed by atoms with Gasteiger partial charge in [0.15, 0.2) is 0 Å². The van der Waals surface area contributed by atoms with Crippen LogP contribution in [0.5, 0.6) is 0 Å². The van der Waals surface area contributed by atoms with Gasteiger partial charge in [0, 0.05) is 6.42 Å². The summed E-state index contributed by atoms with van der Waals surface area (Å²) in [4.78, 5) is 19.1. The van der Waals surface area contributed by atoms with Gasteiger partial charge in [0.2, 0.25) is 0 Å². The van der Waals surface area contributed by atoms with Crippen molar-refractivity contribution in [1.29, 1.82) is 0 Å². The van der Waals surface area contributed by atoms with E-state index in [0.717, 1.165) is 12.8 Å². The number of rotatable bonds is 2. The number of hydrogen-bond acceptors (Lipinski definition) is 2. The highest BCUT2D eigenvalue weighted by atomic mass is 19.4. The Balaban J connectivity index is 0.000000265. The Bertz CT molecular complexity index is 236. The van der Waals surface area contributed by atoms with Crippen LogP contribution in [0.15, 0.2) is 0 Å². The minimum absolute atomic E-state index is 0.389. The molecule has 1 aliphatic rings. The zero-order chi connectivity index (χ0) is 12.1. The minimum atomic E-state index is -4.86. The maximum atomic E-state index is 10.7. The molecule has 1 amide bonds. The fourth-order valence-electron chi connectivity index (χ4n) is 0.944. The maximum Gasteiger partial charge on any atom is 0.470 e. The topological polar surface area (TPSA) is 80.4 Å². The molecular formula is C8H12F3NO3. The van der Waals surface area contributed by atoms with Crippen molar-refractivity contribution in [2.45, 2.75) is 31.9 Å². The lowest BCUT2D eigenvalue weighted by molar-refractivity contribution is -0.169. The van der Waals surface area contributed by atoms with Crippen LogP contribution in [0.1, 0.15) is 25.7 Å². The normalized spacial score (nSPS) is 15.9. The molecule has 7 heteroatoms. The van der Waals surface area contributed by atoms with E-state index in [-0.39, 0.29) is 0 Å². The fraction of sp³-hybridized carbons (Fsp3) is 0.750. The maximum absolute atomic E-state index is 10.7. The number of carbonyl (C=O) groups excluding carboxylic acids is 1. The molecule has 0 radical (unpaired) electrons. The van der Waals surface area contributed by atoms with Crippen molar-refractivity contribution in [3.63, 3.8) is 0 Å². The lowest BCUT2D eigenvalue weighted by Gasteiger charge is -2.22. The molecule has 88 valence electrons. The molecule has 0 aromatic carbocycles. The van der Waals surface area contributed by atoms with Gasteiger partial charge < -0.3 is 10.8 Å². The average Bonchev–Trinajstić information content (AvgIpc) is 1.96. The molecule has 0 aromatic rings. The lowest BCUT2D eigenvalue weighted by Crippen LogP contribution is -2.30. The van der Waals surface area contributed by atoms with Gasteiger partial charge >= 0.3 is 18.1 Å². The molecule has 0 unspecified atom stereocenters. The molecule has 1 fully saturated rings. The Morgan fingerprint density at radius 1 is 1.33 bits per heavy atom. The predicted octanol–water partition coefficient (Wildman–Crippen LogP) is 1.30. The number of alkyl halides is 3. The van der Waals surface area contributed by atoms with Gasteiger partial charge in [-0.05, 0) is 18.8 Å². The van der Waals surface area contributed by atoms with Crippen molar-refractivity contribution in [2.24, 2.45) is 11.7 Å². The van der Waals surface area contributed by atoms with Gasteiger partial charge in [-0.15, -0.1) is 0 Å². The first-order valence-electron chi connectivity index (χ1n) is 4.32. The Morgan fingerprint density at radius 2 is 1.73 bits per heavy atom. The number of carbonyl (C=O) groups is 2. The van der Waals surface area contributed by atoms with Crippen LogP contribution in [-0.4, -0.2) is 23.2 Å². The van der Waals surface area contributed by atoms with Crippen LogP contribution in [-0.2, 0) is 9.59 Å². The second-order valence-electron chi connectivity index (χ2n) is 3.26. The predicted molar refractivity (Wildman–Crippen MR) is 44.8 cm³/mol. The number of aliphatic carboxylic acids is 1. The Morgan fingerprint density at radius 3 is 1.80 bits per heavy atom. The number of hydrogen-bond donors (Lipinski definition) is 2. The van der Waals surface area contributed by atoms with Crippen molar-refractivity contribution in [1.82, 2.24) is 0 Å². The summed E-state index contributed by atoms with van der Waals surface area (Å²) in [6, 6.07) is 0. The van der Waals surface area contributed by atoms with Gasteiger partial charge in [0.1, 0.15) is 0 Å². The van der Waals surface area contributed by atoms with Crippen molar-refractivity contribution >= 4 is 11.9 Å². The van der Waals surface area contributed by atoms with E-state index < -0.39 is 18.1 Å². The third-order valence-corrected chi connectivity index (χ3v) is 1.97. The molecular weight excluding hydrogens is 215 g/mol. The number of carboxylic acid groups (broad SMARTS) is 1. The fourth-order valence-corrected chi connectivity index (χ4v) is 0.944. The van der Waals surface area contributed by atoms with Gasteiger partial charge in [0.05, 0.1) is 0 Å². The number of primary amides is 1. The quantitative estimate of drug-likeness (QED) is 0.745. The number of halogens is 3. The van der Waals surface area contributed by atoms with E-state index >= 15 is 0 Å². The molecule has 1 saturated carbocycles. The third kappa shape index (κ3) is 6.75. The van der Waals surface area contributed by atoms with Crippen molar-refractivity contribution < 1.29 is 27.9 Å². The van der Waals surface area contributed by atoms with E-state index in [4.69, 9.17) is 9.90 Å². The van der Waals surface area contributed by atoms with Crippen molar-refractivity contribution in [3.8, 4) is 0 Å². The summed E-state index contributed by atoms with van der Waals surface area (Å²) in [6.07, 6.45) is -0.976. The van der Waals surface area contributed by atoms with Crippen LogP contribution >= 0.6 is 0 Å². The van der Waals surface area contributed by atoms with Crippen LogP contribution < -0.4 is 5.73 Å². The molecule has 1 rings (SSSR count). The van der Waals surface area contributed by atoms with Gasteiger partial charge in [-0.2, -0.15) is 13.2 Å². The highest BCUT2D eigenvalue weighted by Gasteiger charge is 2.35. The largest absolute Gasteiger partial charge is 0.481 e. The molecule has 15 heavy (non-hydrogen) atoms. The monoisotopic (exact) mass is 227 g/mol. The van der Waals surface area contributed by atoms with Gasteiger partial charge in [0.25, 0.3) is 0 Å². The second kappa shape index (κ2) is 5.57. The molecule has 0 aromatic heterocycles. The van der Waals surface area contributed by atoms with E-state index in [9.17, 15) is 18.0 Å². The third-order valence-electron chi connectivity index (χ3n) is 1.97. The average molecular weight is 227 g/mol. The van der Waals surface area contributed by atoms with E-state index in [1.807, 2.05) is 0 Å². The molecule has 1 aliphatic carbocycles. The summed E-state index contributed by atoms with van der Waals surface area (Å²) in [6.45, 7) is 0. The first-order valence-corrected chi connectivity index (χ1v) is 4.32. The summed E-state index contributed by atoms with van der Waals surface area (Å²) in [5, 5.41) is 8.25. The summed E-state index contributed by atoms with van der Waals surface area (Å²) in [7, 11) is 0. The second-order valence-corrected chi connectivity index (χ2v) is 3.26. The van der Waals surface area contributed by atoms with Crippen LogP contribution in [0, 0.1) is 5.92 Å². The minimum Gasteiger partial charge on any atom is -0.481 e. The summed E-state index contributed by atoms with van der Waals surface area (Å²) < 4.78 is 32.1. The number of carboxylic acids is 1. The molecule has 0 aliphatic heterocycles. The number of amides is 1. The molecule has 3 N–H and O–H groups in total. The Labute approximate surface area is 84.2 Å². The Hall–Kier alpha value is -1.27. The summed E-state index contributed by atoms with van der Waals surface area (Å²) >= 11 is 0. The molecule has 0 heterocycles.